The van der Waals surface area contributed by atoms with Crippen LogP contribution in [0.15, 0.2) is 41.6 Å². The molecule has 1 aromatic rings. The van der Waals surface area contributed by atoms with E-state index in [2.05, 4.69) is 53.7 Å². The van der Waals surface area contributed by atoms with Gasteiger partial charge in [-0.05, 0) is 30.3 Å². The van der Waals surface area contributed by atoms with E-state index in [1.165, 1.54) is 5.56 Å². The highest BCUT2D eigenvalue weighted by Crippen LogP contribution is 2.29. The van der Waals surface area contributed by atoms with Crippen LogP contribution in [0.1, 0.15) is 12.0 Å². The van der Waals surface area contributed by atoms with E-state index in [1.807, 2.05) is 0 Å². The molecule has 76 valence electrons. The average Bonchev–Trinajstić information content (AvgIpc) is 2.69. The summed E-state index contributed by atoms with van der Waals surface area (Å²) in [6.45, 7) is 3.02. The first-order chi connectivity index (χ1) is 7.27. The van der Waals surface area contributed by atoms with E-state index in [-0.39, 0.29) is 0 Å². The third-order valence-corrected chi connectivity index (χ3v) is 2.77. The van der Waals surface area contributed by atoms with Gasteiger partial charge in [-0.15, -0.1) is 4.59 Å². The van der Waals surface area contributed by atoms with Crippen LogP contribution in [-0.2, 0) is 0 Å². The predicted octanol–water partition coefficient (Wildman–Crippen LogP) is 3.24. The number of hydrogen-bond acceptors (Lipinski definition) is 2. The SMILES string of the molecule is Cc1ccc([N+]2(N=C=S)C=CCC2)cc1. The Morgan fingerprint density at radius 1 is 1.33 bits per heavy atom. The molecule has 15 heavy (non-hydrogen) atoms. The molecule has 0 aromatic heterocycles. The molecule has 2 rings (SSSR count). The van der Waals surface area contributed by atoms with Crippen molar-refractivity contribution in [2.75, 3.05) is 6.54 Å². The minimum absolute atomic E-state index is 0.462. The van der Waals surface area contributed by atoms with Crippen molar-refractivity contribution in [3.8, 4) is 0 Å². The highest BCUT2D eigenvalue weighted by molar-refractivity contribution is 7.78. The number of nitrogens with zero attached hydrogens (tertiary/aromatic N) is 2. The molecule has 0 radical (unpaired) electrons. The van der Waals surface area contributed by atoms with Gasteiger partial charge in [0.15, 0.2) is 5.69 Å². The monoisotopic (exact) mass is 217 g/mol. The molecule has 1 unspecified atom stereocenters. The van der Waals surface area contributed by atoms with E-state index in [0.29, 0.717) is 4.59 Å². The van der Waals surface area contributed by atoms with Crippen molar-refractivity contribution in [1.29, 1.82) is 0 Å². The topological polar surface area (TPSA) is 12.4 Å². The van der Waals surface area contributed by atoms with Gasteiger partial charge in [-0.3, -0.25) is 0 Å². The number of benzene rings is 1. The fourth-order valence-corrected chi connectivity index (χ4v) is 1.97. The van der Waals surface area contributed by atoms with E-state index in [9.17, 15) is 0 Å². The summed E-state index contributed by atoms with van der Waals surface area (Å²) in [7, 11) is 0. The van der Waals surface area contributed by atoms with E-state index in [1.54, 1.807) is 0 Å². The van der Waals surface area contributed by atoms with Gasteiger partial charge < -0.3 is 0 Å². The van der Waals surface area contributed by atoms with Crippen molar-refractivity contribution < 1.29 is 0 Å². The minimum Gasteiger partial charge on any atom is -0.131 e. The Hall–Kier alpha value is -1.28. The van der Waals surface area contributed by atoms with Crippen LogP contribution in [0.25, 0.3) is 0 Å². The maximum absolute atomic E-state index is 4.72. The van der Waals surface area contributed by atoms with E-state index < -0.39 is 0 Å². The Kier molecular flexibility index (Phi) is 2.78. The van der Waals surface area contributed by atoms with Gasteiger partial charge >= 0.3 is 0 Å². The maximum Gasteiger partial charge on any atom is 0.164 e. The number of quaternary nitrogens is 1. The Bertz CT molecular complexity index is 429. The minimum atomic E-state index is 0.462. The Balaban J connectivity index is 2.45. The van der Waals surface area contributed by atoms with E-state index in [4.69, 9.17) is 12.2 Å². The van der Waals surface area contributed by atoms with Crippen molar-refractivity contribution in [3.63, 3.8) is 0 Å². The molecular weight excluding hydrogens is 204 g/mol. The molecule has 0 spiro atoms. The first-order valence-corrected chi connectivity index (χ1v) is 5.40. The third kappa shape index (κ3) is 1.90. The Morgan fingerprint density at radius 3 is 2.60 bits per heavy atom. The van der Waals surface area contributed by atoms with Crippen LogP contribution >= 0.6 is 12.2 Å². The van der Waals surface area contributed by atoms with Gasteiger partial charge in [0.1, 0.15) is 17.9 Å². The first-order valence-electron chi connectivity index (χ1n) is 4.99. The van der Waals surface area contributed by atoms with Crippen molar-refractivity contribution in [2.24, 2.45) is 5.10 Å². The lowest BCUT2D eigenvalue weighted by Crippen LogP contribution is -2.35. The summed E-state index contributed by atoms with van der Waals surface area (Å²) >= 11 is 4.72. The molecule has 1 aliphatic heterocycles. The standard InChI is InChI=1S/C12H13N2S/c1-11-4-6-12(7-5-11)14(13-10-15)8-2-3-9-14/h2,4-8H,3,9H2,1H3/q+1. The number of aryl methyl sites for hydroxylation is 1. The van der Waals surface area contributed by atoms with Gasteiger partial charge in [0, 0.05) is 18.6 Å². The molecule has 0 fully saturated rings. The Morgan fingerprint density at radius 2 is 2.07 bits per heavy atom. The second-order valence-corrected chi connectivity index (χ2v) is 3.93. The maximum atomic E-state index is 4.72. The van der Waals surface area contributed by atoms with Crippen molar-refractivity contribution in [1.82, 2.24) is 4.59 Å². The highest BCUT2D eigenvalue weighted by atomic mass is 32.1. The van der Waals surface area contributed by atoms with Crippen molar-refractivity contribution in [3.05, 3.63) is 42.1 Å². The molecule has 1 aromatic carbocycles. The number of thiocarbonyl (C=S) groups is 1. The lowest BCUT2D eigenvalue weighted by molar-refractivity contribution is 0.424. The molecule has 1 aliphatic rings. The van der Waals surface area contributed by atoms with Crippen LogP contribution < -0.4 is 4.59 Å². The molecule has 0 bridgehead atoms. The molecule has 1 heterocycles. The number of rotatable bonds is 2. The summed E-state index contributed by atoms with van der Waals surface area (Å²) < 4.78 is 0.462. The Labute approximate surface area is 95.1 Å². The summed E-state index contributed by atoms with van der Waals surface area (Å²) in [5, 5.41) is 6.76. The van der Waals surface area contributed by atoms with Crippen LogP contribution in [0.4, 0.5) is 5.69 Å². The van der Waals surface area contributed by atoms with Crippen molar-refractivity contribution in [2.45, 2.75) is 13.3 Å². The largest absolute Gasteiger partial charge is 0.164 e. The smallest absolute Gasteiger partial charge is 0.131 e. The van der Waals surface area contributed by atoms with E-state index in [0.717, 1.165) is 18.7 Å². The van der Waals surface area contributed by atoms with Gasteiger partial charge in [-0.1, -0.05) is 17.7 Å². The number of hydrogen-bond donors (Lipinski definition) is 0. The lowest BCUT2D eigenvalue weighted by Gasteiger charge is -2.22. The summed E-state index contributed by atoms with van der Waals surface area (Å²) in [6.07, 6.45) is 5.24. The zero-order chi connectivity index (χ0) is 10.7. The number of isothiocyanates is 1. The quantitative estimate of drug-likeness (QED) is 0.421. The third-order valence-electron chi connectivity index (χ3n) is 2.69. The molecule has 0 saturated carbocycles. The van der Waals surface area contributed by atoms with Gasteiger partial charge in [0.2, 0.25) is 0 Å². The zero-order valence-electron chi connectivity index (χ0n) is 8.68. The second kappa shape index (κ2) is 4.07. The predicted molar refractivity (Wildman–Crippen MR) is 66.6 cm³/mol. The molecule has 3 heteroatoms. The molecule has 0 aliphatic carbocycles. The normalized spacial score (nSPS) is 23.8. The van der Waals surface area contributed by atoms with Gasteiger partial charge in [-0.2, -0.15) is 0 Å². The molecule has 0 N–H and O–H groups in total. The summed E-state index contributed by atoms with van der Waals surface area (Å²) in [5.41, 5.74) is 2.40. The lowest BCUT2D eigenvalue weighted by atomic mass is 10.2. The second-order valence-electron chi connectivity index (χ2n) is 3.75. The van der Waals surface area contributed by atoms with Crippen LogP contribution in [0.2, 0.25) is 0 Å². The van der Waals surface area contributed by atoms with Crippen LogP contribution in [0.5, 0.6) is 0 Å². The summed E-state index contributed by atoms with van der Waals surface area (Å²) in [4.78, 5) is 0. The van der Waals surface area contributed by atoms with Gasteiger partial charge in [-0.25, -0.2) is 0 Å². The van der Waals surface area contributed by atoms with Crippen LogP contribution in [0.3, 0.4) is 0 Å². The zero-order valence-corrected chi connectivity index (χ0v) is 9.50. The fraction of sp³-hybridized carbons (Fsp3) is 0.250. The average molecular weight is 217 g/mol. The van der Waals surface area contributed by atoms with Crippen molar-refractivity contribution >= 4 is 23.1 Å². The summed E-state index contributed by atoms with van der Waals surface area (Å²) in [5.74, 6) is 0. The summed E-state index contributed by atoms with van der Waals surface area (Å²) in [6, 6.07) is 8.39. The first kappa shape index (κ1) is 10.2. The fourth-order valence-electron chi connectivity index (χ4n) is 1.83. The van der Waals surface area contributed by atoms with Gasteiger partial charge in [0.05, 0.1) is 0 Å². The van der Waals surface area contributed by atoms with Crippen LogP contribution in [-0.4, -0.2) is 11.7 Å². The molecular formula is C12H13N2S+. The molecule has 1 atom stereocenters. The molecule has 2 nitrogen and oxygen atoms in total. The van der Waals surface area contributed by atoms with Crippen LogP contribution in [0, 0.1) is 6.92 Å². The molecule has 0 saturated heterocycles. The van der Waals surface area contributed by atoms with E-state index >= 15 is 0 Å². The molecule has 0 amide bonds. The highest BCUT2D eigenvalue weighted by Gasteiger charge is 2.31. The van der Waals surface area contributed by atoms with Gasteiger partial charge in [0.25, 0.3) is 0 Å².